The van der Waals surface area contributed by atoms with Crippen molar-refractivity contribution in [3.05, 3.63) is 71.4 Å². The zero-order valence-corrected chi connectivity index (χ0v) is 15.8. The van der Waals surface area contributed by atoms with Crippen molar-refractivity contribution in [1.29, 1.82) is 0 Å². The minimum absolute atomic E-state index is 0.128. The van der Waals surface area contributed by atoms with E-state index in [0.717, 1.165) is 24.0 Å². The number of hydrogen-bond donors (Lipinski definition) is 0. The fourth-order valence-corrected chi connectivity index (χ4v) is 3.74. The Morgan fingerprint density at radius 1 is 1.21 bits per heavy atom. The summed E-state index contributed by atoms with van der Waals surface area (Å²) in [5, 5.41) is 4.11. The van der Waals surface area contributed by atoms with E-state index in [1.54, 1.807) is 17.0 Å². The van der Waals surface area contributed by atoms with Crippen LogP contribution in [-0.2, 0) is 6.42 Å². The third-order valence-corrected chi connectivity index (χ3v) is 5.23. The average molecular weight is 379 g/mol. The van der Waals surface area contributed by atoms with Crippen LogP contribution >= 0.6 is 0 Å². The predicted molar refractivity (Wildman–Crippen MR) is 103 cm³/mol. The SMILES string of the molecule is Cc1ccccc1-c1noc(C[C@H]2CCCN(C(=O)c3ccccc3F)C2)n1. The number of nitrogens with zero attached hydrogens (tertiary/aromatic N) is 3. The molecule has 1 saturated heterocycles. The first-order valence-electron chi connectivity index (χ1n) is 9.54. The van der Waals surface area contributed by atoms with Gasteiger partial charge in [0, 0.05) is 25.1 Å². The van der Waals surface area contributed by atoms with Gasteiger partial charge in [-0.05, 0) is 43.4 Å². The first-order chi connectivity index (χ1) is 13.6. The molecule has 6 heteroatoms. The molecule has 1 aliphatic rings. The molecule has 2 aromatic carbocycles. The Kier molecular flexibility index (Phi) is 5.19. The Bertz CT molecular complexity index is 985. The van der Waals surface area contributed by atoms with Crippen LogP contribution in [0.4, 0.5) is 4.39 Å². The fourth-order valence-electron chi connectivity index (χ4n) is 3.74. The molecule has 0 radical (unpaired) electrons. The molecular weight excluding hydrogens is 357 g/mol. The van der Waals surface area contributed by atoms with E-state index in [9.17, 15) is 9.18 Å². The van der Waals surface area contributed by atoms with Crippen LogP contribution in [0.3, 0.4) is 0 Å². The number of aromatic nitrogens is 2. The number of piperidine rings is 1. The van der Waals surface area contributed by atoms with E-state index in [1.807, 2.05) is 31.2 Å². The van der Waals surface area contributed by atoms with E-state index in [1.165, 1.54) is 12.1 Å². The van der Waals surface area contributed by atoms with Gasteiger partial charge in [0.05, 0.1) is 5.56 Å². The fraction of sp³-hybridized carbons (Fsp3) is 0.318. The average Bonchev–Trinajstić information content (AvgIpc) is 3.16. The van der Waals surface area contributed by atoms with Crippen molar-refractivity contribution in [3.63, 3.8) is 0 Å². The molecule has 0 spiro atoms. The monoisotopic (exact) mass is 379 g/mol. The van der Waals surface area contributed by atoms with Gasteiger partial charge < -0.3 is 9.42 Å². The Balaban J connectivity index is 1.44. The summed E-state index contributed by atoms with van der Waals surface area (Å²) in [6.45, 7) is 3.22. The summed E-state index contributed by atoms with van der Waals surface area (Å²) >= 11 is 0. The van der Waals surface area contributed by atoms with Crippen LogP contribution in [0, 0.1) is 18.7 Å². The molecule has 1 atom stereocenters. The van der Waals surface area contributed by atoms with E-state index in [2.05, 4.69) is 10.1 Å². The van der Waals surface area contributed by atoms with Gasteiger partial charge in [0.15, 0.2) is 0 Å². The topological polar surface area (TPSA) is 59.2 Å². The van der Waals surface area contributed by atoms with Gasteiger partial charge in [-0.2, -0.15) is 4.98 Å². The molecule has 0 aliphatic carbocycles. The third kappa shape index (κ3) is 3.81. The zero-order valence-electron chi connectivity index (χ0n) is 15.8. The second-order valence-electron chi connectivity index (χ2n) is 7.27. The maximum Gasteiger partial charge on any atom is 0.256 e. The smallest absolute Gasteiger partial charge is 0.256 e. The molecule has 5 nitrogen and oxygen atoms in total. The van der Waals surface area contributed by atoms with E-state index in [-0.39, 0.29) is 17.4 Å². The summed E-state index contributed by atoms with van der Waals surface area (Å²) in [6.07, 6.45) is 2.46. The van der Waals surface area contributed by atoms with Gasteiger partial charge in [-0.15, -0.1) is 0 Å². The normalized spacial score (nSPS) is 16.9. The summed E-state index contributed by atoms with van der Waals surface area (Å²) in [4.78, 5) is 18.9. The first kappa shape index (κ1) is 18.3. The number of amides is 1. The third-order valence-electron chi connectivity index (χ3n) is 5.23. The highest BCUT2D eigenvalue weighted by molar-refractivity contribution is 5.94. The lowest BCUT2D eigenvalue weighted by molar-refractivity contribution is 0.0663. The van der Waals surface area contributed by atoms with Crippen LogP contribution in [0.1, 0.15) is 34.7 Å². The van der Waals surface area contributed by atoms with E-state index >= 15 is 0 Å². The van der Waals surface area contributed by atoms with Crippen molar-refractivity contribution in [2.45, 2.75) is 26.2 Å². The quantitative estimate of drug-likeness (QED) is 0.679. The maximum absolute atomic E-state index is 14.0. The van der Waals surface area contributed by atoms with Crippen molar-refractivity contribution in [2.24, 2.45) is 5.92 Å². The lowest BCUT2D eigenvalue weighted by atomic mass is 9.94. The molecule has 3 aromatic rings. The first-order valence-corrected chi connectivity index (χ1v) is 9.54. The number of halogens is 1. The van der Waals surface area contributed by atoms with Gasteiger partial charge in [0.2, 0.25) is 11.7 Å². The number of carbonyl (C=O) groups is 1. The number of benzene rings is 2. The minimum atomic E-state index is -0.477. The molecule has 0 saturated carbocycles. The lowest BCUT2D eigenvalue weighted by Gasteiger charge is -2.32. The zero-order chi connectivity index (χ0) is 19.5. The molecule has 4 rings (SSSR count). The van der Waals surface area contributed by atoms with Crippen molar-refractivity contribution in [2.75, 3.05) is 13.1 Å². The van der Waals surface area contributed by atoms with Crippen LogP contribution in [-0.4, -0.2) is 34.0 Å². The van der Waals surface area contributed by atoms with Gasteiger partial charge in [0.25, 0.3) is 5.91 Å². The van der Waals surface area contributed by atoms with Gasteiger partial charge in [-0.25, -0.2) is 4.39 Å². The largest absolute Gasteiger partial charge is 0.339 e. The van der Waals surface area contributed by atoms with Gasteiger partial charge in [0.1, 0.15) is 5.82 Å². The number of carbonyl (C=O) groups excluding carboxylic acids is 1. The van der Waals surface area contributed by atoms with E-state index in [4.69, 9.17) is 4.52 Å². The molecular formula is C22H22FN3O2. The molecule has 144 valence electrons. The molecule has 2 heterocycles. The van der Waals surface area contributed by atoms with Crippen molar-refractivity contribution in [1.82, 2.24) is 15.0 Å². The second kappa shape index (κ2) is 7.92. The summed E-state index contributed by atoms with van der Waals surface area (Å²) < 4.78 is 19.4. The summed E-state index contributed by atoms with van der Waals surface area (Å²) in [7, 11) is 0. The highest BCUT2D eigenvalue weighted by Gasteiger charge is 2.27. The number of likely N-dealkylation sites (tertiary alicyclic amines) is 1. The summed E-state index contributed by atoms with van der Waals surface area (Å²) in [5.74, 6) is 0.643. The Labute approximate surface area is 163 Å². The van der Waals surface area contributed by atoms with Crippen LogP contribution in [0.25, 0.3) is 11.4 Å². The standard InChI is InChI=1S/C22H22FN3O2/c1-15-7-2-3-9-17(15)21-24-20(28-25-21)13-16-8-6-12-26(14-16)22(27)18-10-4-5-11-19(18)23/h2-5,7,9-11,16H,6,8,12-14H2,1H3/t16-/m1/s1. The molecule has 0 unspecified atom stereocenters. The molecule has 1 fully saturated rings. The van der Waals surface area contributed by atoms with Crippen LogP contribution < -0.4 is 0 Å². The predicted octanol–water partition coefficient (Wildman–Crippen LogP) is 4.28. The Morgan fingerprint density at radius 2 is 2.00 bits per heavy atom. The second-order valence-corrected chi connectivity index (χ2v) is 7.27. The van der Waals surface area contributed by atoms with E-state index < -0.39 is 5.82 Å². The van der Waals surface area contributed by atoms with Crippen molar-refractivity contribution >= 4 is 5.91 Å². The van der Waals surface area contributed by atoms with Crippen LogP contribution in [0.15, 0.2) is 53.1 Å². The molecule has 0 N–H and O–H groups in total. The number of rotatable bonds is 4. The molecule has 0 bridgehead atoms. The molecule has 1 amide bonds. The molecule has 1 aromatic heterocycles. The van der Waals surface area contributed by atoms with Crippen LogP contribution in [0.2, 0.25) is 0 Å². The van der Waals surface area contributed by atoms with Gasteiger partial charge in [-0.1, -0.05) is 41.6 Å². The Hall–Kier alpha value is -3.02. The molecule has 1 aliphatic heterocycles. The Morgan fingerprint density at radius 3 is 2.82 bits per heavy atom. The van der Waals surface area contributed by atoms with E-state index in [0.29, 0.717) is 31.2 Å². The van der Waals surface area contributed by atoms with Crippen LogP contribution in [0.5, 0.6) is 0 Å². The van der Waals surface area contributed by atoms with Crippen molar-refractivity contribution < 1.29 is 13.7 Å². The summed E-state index contributed by atoms with van der Waals surface area (Å²) in [5.41, 5.74) is 2.18. The van der Waals surface area contributed by atoms with Gasteiger partial charge >= 0.3 is 0 Å². The van der Waals surface area contributed by atoms with Crippen molar-refractivity contribution in [3.8, 4) is 11.4 Å². The summed E-state index contributed by atoms with van der Waals surface area (Å²) in [6, 6.07) is 14.0. The highest BCUT2D eigenvalue weighted by atomic mass is 19.1. The minimum Gasteiger partial charge on any atom is -0.339 e. The number of aryl methyl sites for hydroxylation is 1. The maximum atomic E-state index is 14.0. The molecule has 28 heavy (non-hydrogen) atoms. The highest BCUT2D eigenvalue weighted by Crippen LogP contribution is 2.25. The lowest BCUT2D eigenvalue weighted by Crippen LogP contribution is -2.40. The number of hydrogen-bond acceptors (Lipinski definition) is 4. The van der Waals surface area contributed by atoms with Gasteiger partial charge in [-0.3, -0.25) is 4.79 Å².